The van der Waals surface area contributed by atoms with Gasteiger partial charge in [0.15, 0.2) is 5.11 Å². The molecule has 1 aliphatic heterocycles. The Hall–Kier alpha value is -4.95. The molecule has 0 amide bonds. The van der Waals surface area contributed by atoms with Crippen LogP contribution >= 0.6 is 12.2 Å². The van der Waals surface area contributed by atoms with Crippen molar-refractivity contribution in [3.63, 3.8) is 0 Å². The number of para-hydroxylation sites is 1. The number of thiocarbonyl (C=S) groups is 1. The number of ether oxygens (including phenoxy) is 2. The van der Waals surface area contributed by atoms with Crippen molar-refractivity contribution < 1.29 is 18.7 Å². The summed E-state index contributed by atoms with van der Waals surface area (Å²) in [5, 5.41) is 4.03. The fraction of sp³-hybridized carbons (Fsp3) is 0.121. The third-order valence-corrected chi connectivity index (χ3v) is 7.36. The summed E-state index contributed by atoms with van der Waals surface area (Å²) in [5.41, 5.74) is 4.12. The molecular formula is C33H27N3O4S. The number of pyridine rings is 1. The van der Waals surface area contributed by atoms with E-state index in [0.29, 0.717) is 16.4 Å². The van der Waals surface area contributed by atoms with Crippen molar-refractivity contribution in [2.24, 2.45) is 0 Å². The molecular weight excluding hydrogens is 534 g/mol. The fourth-order valence-corrected chi connectivity index (χ4v) is 5.30. The molecule has 7 nitrogen and oxygen atoms in total. The Kier molecular flexibility index (Phi) is 7.22. The molecule has 0 unspecified atom stereocenters. The molecule has 3 heterocycles. The SMILES string of the molecule is COC(=O)c1ccc(-c2ccc([C@@H]3[C@H](c4ccccn4)NC(=S)N3c3ccc(Oc4ccccc4C)cc3)o2)cc1. The summed E-state index contributed by atoms with van der Waals surface area (Å²) in [6.45, 7) is 2.02. The molecule has 0 aliphatic carbocycles. The number of benzene rings is 3. The molecule has 1 aliphatic rings. The van der Waals surface area contributed by atoms with E-state index in [2.05, 4.69) is 15.2 Å². The van der Waals surface area contributed by atoms with E-state index in [0.717, 1.165) is 39.8 Å². The van der Waals surface area contributed by atoms with Crippen LogP contribution in [0.15, 0.2) is 114 Å². The van der Waals surface area contributed by atoms with Gasteiger partial charge in [0.1, 0.15) is 29.1 Å². The monoisotopic (exact) mass is 561 g/mol. The van der Waals surface area contributed by atoms with E-state index in [1.165, 1.54) is 7.11 Å². The molecule has 2 atom stereocenters. The van der Waals surface area contributed by atoms with Gasteiger partial charge in [0, 0.05) is 17.4 Å². The van der Waals surface area contributed by atoms with Crippen molar-refractivity contribution in [2.45, 2.75) is 19.0 Å². The average molecular weight is 562 g/mol. The Morgan fingerprint density at radius 1 is 0.927 bits per heavy atom. The molecule has 204 valence electrons. The highest BCUT2D eigenvalue weighted by Crippen LogP contribution is 2.43. The summed E-state index contributed by atoms with van der Waals surface area (Å²) in [4.78, 5) is 18.5. The zero-order valence-corrected chi connectivity index (χ0v) is 23.3. The van der Waals surface area contributed by atoms with E-state index < -0.39 is 0 Å². The minimum Gasteiger partial charge on any atom is -0.465 e. The van der Waals surface area contributed by atoms with Crippen LogP contribution in [-0.4, -0.2) is 23.2 Å². The van der Waals surface area contributed by atoms with Crippen LogP contribution < -0.4 is 15.0 Å². The van der Waals surface area contributed by atoms with Crippen LogP contribution in [0.2, 0.25) is 0 Å². The lowest BCUT2D eigenvalue weighted by atomic mass is 10.0. The van der Waals surface area contributed by atoms with E-state index in [9.17, 15) is 4.79 Å². The second-order valence-corrected chi connectivity index (χ2v) is 10.0. The van der Waals surface area contributed by atoms with Gasteiger partial charge in [0.2, 0.25) is 0 Å². The van der Waals surface area contributed by atoms with Crippen molar-refractivity contribution in [1.82, 2.24) is 10.3 Å². The first-order valence-corrected chi connectivity index (χ1v) is 13.6. The number of aromatic nitrogens is 1. The van der Waals surface area contributed by atoms with Crippen molar-refractivity contribution in [3.8, 4) is 22.8 Å². The summed E-state index contributed by atoms with van der Waals surface area (Å²) in [5.74, 6) is 2.56. The van der Waals surface area contributed by atoms with Gasteiger partial charge in [-0.2, -0.15) is 0 Å². The third-order valence-electron chi connectivity index (χ3n) is 7.04. The van der Waals surface area contributed by atoms with E-state index in [-0.39, 0.29) is 18.1 Å². The molecule has 2 aromatic heterocycles. The second-order valence-electron chi connectivity index (χ2n) is 9.63. The number of rotatable bonds is 7. The van der Waals surface area contributed by atoms with Gasteiger partial charge in [-0.25, -0.2) is 4.79 Å². The zero-order valence-electron chi connectivity index (χ0n) is 22.5. The van der Waals surface area contributed by atoms with Crippen LogP contribution in [0.3, 0.4) is 0 Å². The summed E-state index contributed by atoms with van der Waals surface area (Å²) >= 11 is 5.85. The number of hydrogen-bond donors (Lipinski definition) is 1. The number of methoxy groups -OCH3 is 1. The predicted molar refractivity (Wildman–Crippen MR) is 161 cm³/mol. The van der Waals surface area contributed by atoms with Gasteiger partial charge in [-0.05, 0) is 91.4 Å². The minimum atomic E-state index is -0.383. The van der Waals surface area contributed by atoms with E-state index in [4.69, 9.17) is 26.1 Å². The van der Waals surface area contributed by atoms with Crippen LogP contribution in [0.4, 0.5) is 5.69 Å². The maximum atomic E-state index is 11.9. The van der Waals surface area contributed by atoms with Gasteiger partial charge in [-0.15, -0.1) is 0 Å². The summed E-state index contributed by atoms with van der Waals surface area (Å²) in [6, 6.07) is 32.1. The lowest BCUT2D eigenvalue weighted by Gasteiger charge is -2.26. The Labute approximate surface area is 243 Å². The fourth-order valence-electron chi connectivity index (χ4n) is 4.95. The average Bonchev–Trinajstić information content (AvgIpc) is 3.63. The van der Waals surface area contributed by atoms with Gasteiger partial charge < -0.3 is 24.1 Å². The number of carbonyl (C=O) groups is 1. The normalized spacial score (nSPS) is 16.3. The van der Waals surface area contributed by atoms with Gasteiger partial charge in [-0.3, -0.25) is 4.98 Å². The standard InChI is InChI=1S/C33H27N3O4S/c1-21-7-3-4-9-27(21)39-25-16-14-24(15-17-25)36-31(30(35-33(36)41)26-8-5-6-20-34-26)29-19-18-28(40-29)22-10-12-23(13-11-22)32(37)38-2/h3-20,30-31H,1-2H3,(H,35,41)/t30-,31+/m0/s1. The highest BCUT2D eigenvalue weighted by Gasteiger charge is 2.42. The van der Waals surface area contributed by atoms with Crippen LogP contribution in [0.25, 0.3) is 11.3 Å². The first kappa shape index (κ1) is 26.3. The number of hydrogen-bond acceptors (Lipinski definition) is 6. The molecule has 0 bridgehead atoms. The molecule has 5 aromatic rings. The molecule has 41 heavy (non-hydrogen) atoms. The summed E-state index contributed by atoms with van der Waals surface area (Å²) < 4.78 is 17.4. The smallest absolute Gasteiger partial charge is 0.337 e. The van der Waals surface area contributed by atoms with Gasteiger partial charge in [-0.1, -0.05) is 36.4 Å². The van der Waals surface area contributed by atoms with Crippen molar-refractivity contribution in [2.75, 3.05) is 12.0 Å². The molecule has 0 spiro atoms. The molecule has 1 saturated heterocycles. The lowest BCUT2D eigenvalue weighted by Crippen LogP contribution is -2.29. The molecule has 0 saturated carbocycles. The van der Waals surface area contributed by atoms with Gasteiger partial charge >= 0.3 is 5.97 Å². The zero-order chi connectivity index (χ0) is 28.3. The van der Waals surface area contributed by atoms with Crippen LogP contribution in [-0.2, 0) is 4.74 Å². The van der Waals surface area contributed by atoms with Gasteiger partial charge in [0.25, 0.3) is 0 Å². The molecule has 0 radical (unpaired) electrons. The van der Waals surface area contributed by atoms with E-state index in [1.807, 2.05) is 97.9 Å². The predicted octanol–water partition coefficient (Wildman–Crippen LogP) is 7.41. The largest absolute Gasteiger partial charge is 0.465 e. The Balaban J connectivity index is 1.33. The highest BCUT2D eigenvalue weighted by molar-refractivity contribution is 7.80. The van der Waals surface area contributed by atoms with Crippen LogP contribution in [0.5, 0.6) is 11.5 Å². The number of nitrogens with zero attached hydrogens (tertiary/aromatic N) is 2. The van der Waals surface area contributed by atoms with Gasteiger partial charge in [0.05, 0.1) is 24.4 Å². The van der Waals surface area contributed by atoms with Crippen molar-refractivity contribution >= 4 is 29.0 Å². The summed E-state index contributed by atoms with van der Waals surface area (Å²) in [6.07, 6.45) is 1.77. The number of furan rings is 1. The number of anilines is 1. The second kappa shape index (κ2) is 11.3. The minimum absolute atomic E-state index is 0.243. The molecule has 8 heteroatoms. The quantitative estimate of drug-likeness (QED) is 0.163. The van der Waals surface area contributed by atoms with Crippen LogP contribution in [0.1, 0.15) is 39.5 Å². The lowest BCUT2D eigenvalue weighted by molar-refractivity contribution is 0.0600. The Bertz CT molecular complexity index is 1680. The number of aryl methyl sites for hydroxylation is 1. The molecule has 3 aromatic carbocycles. The number of nitrogens with one attached hydrogen (secondary N) is 1. The Morgan fingerprint density at radius 3 is 2.39 bits per heavy atom. The maximum Gasteiger partial charge on any atom is 0.337 e. The number of carbonyl (C=O) groups excluding carboxylic acids is 1. The Morgan fingerprint density at radius 2 is 1.68 bits per heavy atom. The summed E-state index contributed by atoms with van der Waals surface area (Å²) in [7, 11) is 1.36. The first-order valence-electron chi connectivity index (χ1n) is 13.1. The van der Waals surface area contributed by atoms with E-state index >= 15 is 0 Å². The van der Waals surface area contributed by atoms with E-state index in [1.54, 1.807) is 18.3 Å². The molecule has 6 rings (SSSR count). The van der Waals surface area contributed by atoms with Crippen molar-refractivity contribution in [1.29, 1.82) is 0 Å². The van der Waals surface area contributed by atoms with Crippen LogP contribution in [0, 0.1) is 6.92 Å². The number of esters is 1. The maximum absolute atomic E-state index is 11.9. The molecule has 1 fully saturated rings. The molecule has 1 N–H and O–H groups in total. The topological polar surface area (TPSA) is 76.8 Å². The van der Waals surface area contributed by atoms with Crippen molar-refractivity contribution in [3.05, 3.63) is 132 Å². The third kappa shape index (κ3) is 5.29. The first-order chi connectivity index (χ1) is 20.0. The highest BCUT2D eigenvalue weighted by atomic mass is 32.1.